The third-order valence-corrected chi connectivity index (χ3v) is 5.15. The van der Waals surface area contributed by atoms with Crippen molar-refractivity contribution in [3.05, 3.63) is 59.9 Å². The van der Waals surface area contributed by atoms with E-state index in [4.69, 9.17) is 0 Å². The zero-order valence-corrected chi connectivity index (χ0v) is 15.5. The molecule has 2 aromatic rings. The zero-order valence-electron chi connectivity index (χ0n) is 14.6. The predicted molar refractivity (Wildman–Crippen MR) is 98.7 cm³/mol. The summed E-state index contributed by atoms with van der Waals surface area (Å²) in [6, 6.07) is 9.93. The lowest BCUT2D eigenvalue weighted by Crippen LogP contribution is -2.47. The summed E-state index contributed by atoms with van der Waals surface area (Å²) in [6.45, 7) is 3.92. The summed E-state index contributed by atoms with van der Waals surface area (Å²) in [5.74, 6) is -0.359. The number of nitrogens with one attached hydrogen (secondary N) is 1. The zero-order chi connectivity index (χ0) is 18.4. The average molecular weight is 361 g/mol. The van der Waals surface area contributed by atoms with Gasteiger partial charge >= 0.3 is 0 Å². The number of rotatable bonds is 7. The lowest BCUT2D eigenvalue weighted by Gasteiger charge is -2.28. The fraction of sp³-hybridized carbons (Fsp3) is 0.333. The number of hydrogen-bond acceptors (Lipinski definition) is 4. The first-order valence-electron chi connectivity index (χ1n) is 8.08. The number of carbonyl (C=O) groups excluding carboxylic acids is 1. The van der Waals surface area contributed by atoms with Crippen LogP contribution in [0.5, 0.6) is 0 Å². The van der Waals surface area contributed by atoms with Gasteiger partial charge in [-0.15, -0.1) is 0 Å². The molecule has 25 heavy (non-hydrogen) atoms. The standard InChI is InChI=1S/C18H23N3O3S/c1-4-15-5-7-17(8-6-15)21(25(3,23)24)14(2)18(22)20-13-16-9-11-19-12-10-16/h5-12,14H,4,13H2,1-3H3,(H,20,22)/t14-/m1/s1. The van der Waals surface area contributed by atoms with E-state index in [9.17, 15) is 13.2 Å². The Labute approximate surface area is 148 Å². The van der Waals surface area contributed by atoms with Crippen molar-refractivity contribution in [3.8, 4) is 0 Å². The van der Waals surface area contributed by atoms with Gasteiger partial charge in [-0.3, -0.25) is 14.1 Å². The average Bonchev–Trinajstić information content (AvgIpc) is 2.60. The number of hydrogen-bond donors (Lipinski definition) is 1. The smallest absolute Gasteiger partial charge is 0.243 e. The van der Waals surface area contributed by atoms with Gasteiger partial charge in [-0.2, -0.15) is 0 Å². The number of amides is 1. The Bertz CT molecular complexity index is 805. The molecule has 0 bridgehead atoms. The van der Waals surface area contributed by atoms with E-state index in [2.05, 4.69) is 10.3 Å². The van der Waals surface area contributed by atoms with Gasteiger partial charge in [0.2, 0.25) is 15.9 Å². The fourth-order valence-electron chi connectivity index (χ4n) is 2.52. The molecular weight excluding hydrogens is 338 g/mol. The minimum atomic E-state index is -3.60. The third kappa shape index (κ3) is 5.03. The topological polar surface area (TPSA) is 79.4 Å². The molecule has 1 amide bonds. The molecule has 7 heteroatoms. The molecule has 1 heterocycles. The second-order valence-corrected chi connectivity index (χ2v) is 7.69. The summed E-state index contributed by atoms with van der Waals surface area (Å²) >= 11 is 0. The highest BCUT2D eigenvalue weighted by molar-refractivity contribution is 7.92. The number of anilines is 1. The van der Waals surface area contributed by atoms with Crippen LogP contribution in [0.25, 0.3) is 0 Å². The normalized spacial score (nSPS) is 12.4. The molecule has 1 atom stereocenters. The maximum atomic E-state index is 12.5. The molecule has 0 radical (unpaired) electrons. The minimum absolute atomic E-state index is 0.318. The Morgan fingerprint density at radius 2 is 1.72 bits per heavy atom. The fourth-order valence-corrected chi connectivity index (χ4v) is 3.70. The maximum Gasteiger partial charge on any atom is 0.243 e. The van der Waals surface area contributed by atoms with Gasteiger partial charge < -0.3 is 5.32 Å². The molecule has 6 nitrogen and oxygen atoms in total. The molecule has 0 saturated carbocycles. The second-order valence-electron chi connectivity index (χ2n) is 5.83. The van der Waals surface area contributed by atoms with Crippen LogP contribution >= 0.6 is 0 Å². The number of benzene rings is 1. The SMILES string of the molecule is CCc1ccc(N([C@H](C)C(=O)NCc2ccncc2)S(C)(=O)=O)cc1. The molecule has 0 aliphatic carbocycles. The molecule has 1 aromatic carbocycles. The van der Waals surface area contributed by atoms with E-state index in [-0.39, 0.29) is 5.91 Å². The Kier molecular flexibility index (Phi) is 6.14. The summed E-state index contributed by atoms with van der Waals surface area (Å²) in [5.41, 5.74) is 2.48. The van der Waals surface area contributed by atoms with Crippen molar-refractivity contribution in [2.45, 2.75) is 32.9 Å². The van der Waals surface area contributed by atoms with Crippen LogP contribution in [0, 0.1) is 0 Å². The number of sulfonamides is 1. The molecule has 0 spiro atoms. The predicted octanol–water partition coefficient (Wildman–Crippen LogP) is 2.11. The van der Waals surface area contributed by atoms with Crippen LogP contribution < -0.4 is 9.62 Å². The van der Waals surface area contributed by atoms with Crippen LogP contribution in [0.1, 0.15) is 25.0 Å². The van der Waals surface area contributed by atoms with E-state index in [0.717, 1.165) is 28.1 Å². The molecule has 1 N–H and O–H groups in total. The van der Waals surface area contributed by atoms with E-state index in [0.29, 0.717) is 12.2 Å². The largest absolute Gasteiger partial charge is 0.350 e. The van der Waals surface area contributed by atoms with Gasteiger partial charge in [0, 0.05) is 18.9 Å². The number of aryl methyl sites for hydroxylation is 1. The number of nitrogens with zero attached hydrogens (tertiary/aromatic N) is 2. The van der Waals surface area contributed by atoms with Crippen LogP contribution in [0.3, 0.4) is 0 Å². The van der Waals surface area contributed by atoms with Gasteiger partial charge in [-0.05, 0) is 48.7 Å². The third-order valence-electron chi connectivity index (χ3n) is 3.90. The Morgan fingerprint density at radius 3 is 2.24 bits per heavy atom. The summed E-state index contributed by atoms with van der Waals surface area (Å²) < 4.78 is 25.6. The molecular formula is C18H23N3O3S. The molecule has 0 aliphatic rings. The van der Waals surface area contributed by atoms with Gasteiger partial charge in [0.1, 0.15) is 6.04 Å². The van der Waals surface area contributed by atoms with Gasteiger partial charge in [0.15, 0.2) is 0 Å². The Hall–Kier alpha value is -2.41. The molecule has 134 valence electrons. The molecule has 2 rings (SSSR count). The van der Waals surface area contributed by atoms with Gasteiger partial charge in [-0.1, -0.05) is 19.1 Å². The summed E-state index contributed by atoms with van der Waals surface area (Å²) in [4.78, 5) is 16.4. The quantitative estimate of drug-likeness (QED) is 0.819. The van der Waals surface area contributed by atoms with Crippen LogP contribution in [0.2, 0.25) is 0 Å². The van der Waals surface area contributed by atoms with Crippen LogP contribution in [0.4, 0.5) is 5.69 Å². The van der Waals surface area contributed by atoms with Crippen molar-refractivity contribution in [1.82, 2.24) is 10.3 Å². The Balaban J connectivity index is 2.17. The monoisotopic (exact) mass is 361 g/mol. The van der Waals surface area contributed by atoms with Crippen molar-refractivity contribution >= 4 is 21.6 Å². The molecule has 0 saturated heterocycles. The van der Waals surface area contributed by atoms with Gasteiger partial charge in [0.05, 0.1) is 11.9 Å². The highest BCUT2D eigenvalue weighted by atomic mass is 32.2. The summed E-state index contributed by atoms with van der Waals surface area (Å²) in [7, 11) is -3.60. The first-order valence-corrected chi connectivity index (χ1v) is 9.92. The number of carbonyl (C=O) groups is 1. The molecule has 0 unspecified atom stereocenters. The maximum absolute atomic E-state index is 12.5. The first-order chi connectivity index (χ1) is 11.8. The van der Waals surface area contributed by atoms with Crippen LogP contribution in [-0.2, 0) is 27.8 Å². The van der Waals surface area contributed by atoms with E-state index in [1.165, 1.54) is 0 Å². The molecule has 1 aromatic heterocycles. The number of pyridine rings is 1. The number of aromatic nitrogens is 1. The van der Waals surface area contributed by atoms with Gasteiger partial charge in [-0.25, -0.2) is 8.42 Å². The first kappa shape index (κ1) is 18.9. The van der Waals surface area contributed by atoms with Crippen molar-refractivity contribution in [1.29, 1.82) is 0 Å². The molecule has 0 fully saturated rings. The highest BCUT2D eigenvalue weighted by Crippen LogP contribution is 2.21. The van der Waals surface area contributed by atoms with Crippen molar-refractivity contribution < 1.29 is 13.2 Å². The van der Waals surface area contributed by atoms with Gasteiger partial charge in [0.25, 0.3) is 0 Å². The van der Waals surface area contributed by atoms with E-state index in [1.807, 2.05) is 19.1 Å². The van der Waals surface area contributed by atoms with Crippen molar-refractivity contribution in [2.75, 3.05) is 10.6 Å². The molecule has 0 aliphatic heterocycles. The highest BCUT2D eigenvalue weighted by Gasteiger charge is 2.28. The summed E-state index contributed by atoms with van der Waals surface area (Å²) in [6.07, 6.45) is 5.25. The van der Waals surface area contributed by atoms with E-state index in [1.54, 1.807) is 43.6 Å². The van der Waals surface area contributed by atoms with Crippen molar-refractivity contribution in [2.24, 2.45) is 0 Å². The minimum Gasteiger partial charge on any atom is -0.350 e. The second kappa shape index (κ2) is 8.11. The van der Waals surface area contributed by atoms with Crippen LogP contribution in [-0.4, -0.2) is 31.6 Å². The van der Waals surface area contributed by atoms with E-state index >= 15 is 0 Å². The van der Waals surface area contributed by atoms with Crippen molar-refractivity contribution in [3.63, 3.8) is 0 Å². The van der Waals surface area contributed by atoms with Crippen LogP contribution in [0.15, 0.2) is 48.8 Å². The lowest BCUT2D eigenvalue weighted by molar-refractivity contribution is -0.122. The van der Waals surface area contributed by atoms with E-state index < -0.39 is 16.1 Å². The summed E-state index contributed by atoms with van der Waals surface area (Å²) in [5, 5.41) is 2.77. The Morgan fingerprint density at radius 1 is 1.12 bits per heavy atom. The lowest BCUT2D eigenvalue weighted by atomic mass is 10.1.